The van der Waals surface area contributed by atoms with Gasteiger partial charge < -0.3 is 0 Å². The zero-order valence-electron chi connectivity index (χ0n) is 9.55. The molecule has 0 unspecified atom stereocenters. The molecule has 1 rings (SSSR count). The third-order valence-corrected chi connectivity index (χ3v) is 2.66. The molecule has 0 spiro atoms. The molecule has 2 nitrogen and oxygen atoms in total. The van der Waals surface area contributed by atoms with Crippen molar-refractivity contribution < 1.29 is 4.79 Å². The molecule has 0 saturated heterocycles. The Balaban J connectivity index is 2.65. The van der Waals surface area contributed by atoms with Crippen molar-refractivity contribution in [2.75, 3.05) is 0 Å². The molecular weight excluding hydrogens is 174 g/mol. The van der Waals surface area contributed by atoms with Crippen molar-refractivity contribution in [2.45, 2.75) is 47.0 Å². The first-order valence-corrected chi connectivity index (χ1v) is 5.27. The van der Waals surface area contributed by atoms with Crippen LogP contribution in [0.2, 0.25) is 0 Å². The van der Waals surface area contributed by atoms with Crippen molar-refractivity contribution >= 4 is 11.5 Å². The quantitative estimate of drug-likeness (QED) is 0.677. The molecule has 0 saturated carbocycles. The van der Waals surface area contributed by atoms with Crippen molar-refractivity contribution in [2.24, 2.45) is 10.9 Å². The van der Waals surface area contributed by atoms with Crippen LogP contribution in [0.3, 0.4) is 0 Å². The molecule has 0 aromatic carbocycles. The first-order chi connectivity index (χ1) is 6.50. The van der Waals surface area contributed by atoms with Crippen LogP contribution in [0.5, 0.6) is 0 Å². The molecule has 1 aliphatic heterocycles. The predicted molar refractivity (Wildman–Crippen MR) is 59.5 cm³/mol. The van der Waals surface area contributed by atoms with Gasteiger partial charge in [0.15, 0.2) is 5.78 Å². The van der Waals surface area contributed by atoms with E-state index in [2.05, 4.69) is 18.8 Å². The molecule has 0 fully saturated rings. The lowest BCUT2D eigenvalue weighted by molar-refractivity contribution is -0.114. The number of ketones is 1. The largest absolute Gasteiger partial charge is 0.294 e. The lowest BCUT2D eigenvalue weighted by Crippen LogP contribution is -2.15. The summed E-state index contributed by atoms with van der Waals surface area (Å²) in [5.41, 5.74) is 2.80. The predicted octanol–water partition coefficient (Wildman–Crippen LogP) is 3.13. The summed E-state index contributed by atoms with van der Waals surface area (Å²) < 4.78 is 0. The highest BCUT2D eigenvalue weighted by Gasteiger charge is 2.17. The van der Waals surface area contributed by atoms with Crippen LogP contribution in [0.4, 0.5) is 0 Å². The highest BCUT2D eigenvalue weighted by molar-refractivity contribution is 6.11. The van der Waals surface area contributed by atoms with Crippen LogP contribution in [0.15, 0.2) is 16.3 Å². The van der Waals surface area contributed by atoms with Gasteiger partial charge >= 0.3 is 0 Å². The van der Waals surface area contributed by atoms with Gasteiger partial charge in [-0.15, -0.1) is 0 Å². The first-order valence-electron chi connectivity index (χ1n) is 5.27. The fraction of sp³-hybridized carbons (Fsp3) is 0.667. The van der Waals surface area contributed by atoms with E-state index in [1.807, 2.05) is 13.8 Å². The van der Waals surface area contributed by atoms with Crippen molar-refractivity contribution in [1.82, 2.24) is 0 Å². The van der Waals surface area contributed by atoms with Gasteiger partial charge in [-0.3, -0.25) is 9.79 Å². The van der Waals surface area contributed by atoms with Crippen LogP contribution in [0, 0.1) is 5.92 Å². The monoisotopic (exact) mass is 193 g/mol. The molecule has 0 amide bonds. The van der Waals surface area contributed by atoms with Crippen LogP contribution in [-0.2, 0) is 4.79 Å². The van der Waals surface area contributed by atoms with Crippen LogP contribution >= 0.6 is 0 Å². The Labute approximate surface area is 86.1 Å². The van der Waals surface area contributed by atoms with Gasteiger partial charge in [0.2, 0.25) is 0 Å². The second kappa shape index (κ2) is 4.54. The number of hydrogen-bond donors (Lipinski definition) is 0. The maximum Gasteiger partial charge on any atom is 0.165 e. The normalized spacial score (nSPS) is 17.8. The molecule has 14 heavy (non-hydrogen) atoms. The third kappa shape index (κ3) is 2.79. The number of aliphatic imine (C=N–C) groups is 1. The van der Waals surface area contributed by atoms with Gasteiger partial charge in [-0.05, 0) is 32.6 Å². The minimum Gasteiger partial charge on any atom is -0.294 e. The zero-order chi connectivity index (χ0) is 10.7. The summed E-state index contributed by atoms with van der Waals surface area (Å²) in [6, 6.07) is 0. The Morgan fingerprint density at radius 3 is 2.50 bits per heavy atom. The third-order valence-electron chi connectivity index (χ3n) is 2.66. The van der Waals surface area contributed by atoms with Gasteiger partial charge in [0, 0.05) is 23.4 Å². The van der Waals surface area contributed by atoms with Crippen molar-refractivity contribution in [3.05, 3.63) is 11.3 Å². The van der Waals surface area contributed by atoms with Gasteiger partial charge in [-0.1, -0.05) is 13.8 Å². The first kappa shape index (κ1) is 11.2. The Kier molecular flexibility index (Phi) is 3.62. The number of allylic oxidation sites excluding steroid dienone is 2. The van der Waals surface area contributed by atoms with E-state index in [0.717, 1.165) is 29.8 Å². The minimum atomic E-state index is 0.247. The summed E-state index contributed by atoms with van der Waals surface area (Å²) in [5, 5.41) is 0. The van der Waals surface area contributed by atoms with Crippen LogP contribution in [-0.4, -0.2) is 11.5 Å². The Bertz CT molecular complexity index is 297. The summed E-state index contributed by atoms with van der Waals surface area (Å²) >= 11 is 0. The molecule has 1 heterocycles. The van der Waals surface area contributed by atoms with E-state index < -0.39 is 0 Å². The SMILES string of the molecule is CC1=C(C)C(=O)CC(CCC(C)C)=N1. The molecule has 1 aliphatic rings. The molecule has 0 aromatic rings. The summed E-state index contributed by atoms with van der Waals surface area (Å²) in [4.78, 5) is 16.0. The summed E-state index contributed by atoms with van der Waals surface area (Å²) in [6.45, 7) is 8.17. The molecule has 0 aliphatic carbocycles. The second-order valence-corrected chi connectivity index (χ2v) is 4.42. The number of Topliss-reactive ketones (excluding diaryl/α,β-unsaturated/α-hetero) is 1. The molecule has 78 valence electrons. The average molecular weight is 193 g/mol. The second-order valence-electron chi connectivity index (χ2n) is 4.42. The average Bonchev–Trinajstić information content (AvgIpc) is 2.10. The van der Waals surface area contributed by atoms with Crippen molar-refractivity contribution in [3.8, 4) is 0 Å². The van der Waals surface area contributed by atoms with Gasteiger partial charge in [-0.25, -0.2) is 0 Å². The van der Waals surface area contributed by atoms with E-state index >= 15 is 0 Å². The molecular formula is C12H19NO. The Morgan fingerprint density at radius 2 is 2.00 bits per heavy atom. The maximum absolute atomic E-state index is 11.5. The number of nitrogens with zero attached hydrogens (tertiary/aromatic N) is 1. The summed E-state index contributed by atoms with van der Waals surface area (Å²) in [7, 11) is 0. The Morgan fingerprint density at radius 1 is 1.36 bits per heavy atom. The maximum atomic E-state index is 11.5. The van der Waals surface area contributed by atoms with Crippen LogP contribution in [0.1, 0.15) is 47.0 Å². The molecule has 0 atom stereocenters. The van der Waals surface area contributed by atoms with Crippen LogP contribution < -0.4 is 0 Å². The fourth-order valence-corrected chi connectivity index (χ4v) is 1.48. The van der Waals surface area contributed by atoms with Gasteiger partial charge in [-0.2, -0.15) is 0 Å². The number of rotatable bonds is 3. The molecule has 0 radical (unpaired) electrons. The van der Waals surface area contributed by atoms with E-state index in [-0.39, 0.29) is 5.78 Å². The molecule has 0 aromatic heterocycles. The van der Waals surface area contributed by atoms with Gasteiger partial charge in [0.25, 0.3) is 0 Å². The van der Waals surface area contributed by atoms with E-state index in [0.29, 0.717) is 12.3 Å². The number of hydrogen-bond acceptors (Lipinski definition) is 2. The lowest BCUT2D eigenvalue weighted by Gasteiger charge is -2.14. The van der Waals surface area contributed by atoms with Crippen LogP contribution in [0.25, 0.3) is 0 Å². The zero-order valence-corrected chi connectivity index (χ0v) is 9.55. The topological polar surface area (TPSA) is 29.4 Å². The van der Waals surface area contributed by atoms with E-state index in [4.69, 9.17) is 0 Å². The van der Waals surface area contributed by atoms with E-state index in [1.54, 1.807) is 0 Å². The smallest absolute Gasteiger partial charge is 0.165 e. The highest BCUT2D eigenvalue weighted by atomic mass is 16.1. The molecule has 0 N–H and O–H groups in total. The number of carbonyl (C=O) groups is 1. The summed E-state index contributed by atoms with van der Waals surface area (Å²) in [6.07, 6.45) is 2.63. The van der Waals surface area contributed by atoms with Gasteiger partial charge in [0.05, 0.1) is 0 Å². The van der Waals surface area contributed by atoms with Crippen molar-refractivity contribution in [3.63, 3.8) is 0 Å². The number of carbonyl (C=O) groups excluding carboxylic acids is 1. The summed E-state index contributed by atoms with van der Waals surface area (Å²) in [5.74, 6) is 0.927. The molecule has 0 bridgehead atoms. The fourth-order valence-electron chi connectivity index (χ4n) is 1.48. The lowest BCUT2D eigenvalue weighted by atomic mass is 9.97. The van der Waals surface area contributed by atoms with Crippen molar-refractivity contribution in [1.29, 1.82) is 0 Å². The standard InChI is InChI=1S/C12H19NO/c1-8(2)5-6-11-7-12(14)9(3)10(4)13-11/h8H,5-7H2,1-4H3. The minimum absolute atomic E-state index is 0.247. The Hall–Kier alpha value is -0.920. The van der Waals surface area contributed by atoms with E-state index in [9.17, 15) is 4.79 Å². The molecule has 2 heteroatoms. The van der Waals surface area contributed by atoms with E-state index in [1.165, 1.54) is 0 Å². The highest BCUT2D eigenvalue weighted by Crippen LogP contribution is 2.18. The van der Waals surface area contributed by atoms with Gasteiger partial charge in [0.1, 0.15) is 0 Å².